The molecule has 0 saturated carbocycles. The summed E-state index contributed by atoms with van der Waals surface area (Å²) < 4.78 is 26.9. The molecule has 124 valence electrons. The molecule has 1 aromatic rings. The lowest BCUT2D eigenvalue weighted by atomic mass is 10.1. The van der Waals surface area contributed by atoms with Crippen LogP contribution in [0.5, 0.6) is 0 Å². The number of aromatic nitrogens is 1. The van der Waals surface area contributed by atoms with Gasteiger partial charge in [-0.15, -0.1) is 0 Å². The zero-order chi connectivity index (χ0) is 16.3. The van der Waals surface area contributed by atoms with Crippen LogP contribution in [0, 0.1) is 5.92 Å². The zero-order valence-corrected chi connectivity index (χ0v) is 14.7. The van der Waals surface area contributed by atoms with Gasteiger partial charge in [-0.25, -0.2) is 13.4 Å². The summed E-state index contributed by atoms with van der Waals surface area (Å²) in [6.07, 6.45) is 2.19. The Bertz CT molecular complexity index is 629. The van der Waals surface area contributed by atoms with E-state index in [1.807, 2.05) is 7.05 Å². The number of carbonyl (C=O) groups is 1. The minimum atomic E-state index is -3.51. The van der Waals surface area contributed by atoms with Gasteiger partial charge in [0.1, 0.15) is 0 Å². The Balaban J connectivity index is 2.05. The van der Waals surface area contributed by atoms with Crippen molar-refractivity contribution in [3.8, 4) is 0 Å². The van der Waals surface area contributed by atoms with E-state index in [2.05, 4.69) is 22.1 Å². The highest BCUT2D eigenvalue weighted by Gasteiger charge is 2.34. The minimum Gasteiger partial charge on any atom is -0.306 e. The lowest BCUT2D eigenvalue weighted by molar-refractivity contribution is -0.114. The molecule has 2 rings (SSSR count). The quantitative estimate of drug-likeness (QED) is 0.833. The van der Waals surface area contributed by atoms with Crippen LogP contribution in [0.25, 0.3) is 0 Å². The molecule has 1 amide bonds. The van der Waals surface area contributed by atoms with Gasteiger partial charge in [0.2, 0.25) is 5.91 Å². The number of hydrogen-bond acceptors (Lipinski definition) is 6. The highest BCUT2D eigenvalue weighted by molar-refractivity contribution is 7.91. The molecule has 0 aliphatic carbocycles. The average molecular weight is 346 g/mol. The molecule has 1 aliphatic rings. The second kappa shape index (κ2) is 7.03. The minimum absolute atomic E-state index is 0.181. The van der Waals surface area contributed by atoms with Gasteiger partial charge >= 0.3 is 0 Å². The molecule has 1 atom stereocenters. The lowest BCUT2D eigenvalue weighted by Gasteiger charge is -2.19. The summed E-state index contributed by atoms with van der Waals surface area (Å²) in [5.74, 6) is 0.101. The molecule has 1 aliphatic heterocycles. The Morgan fingerprint density at radius 1 is 1.59 bits per heavy atom. The van der Waals surface area contributed by atoms with Gasteiger partial charge in [-0.3, -0.25) is 4.79 Å². The molecule has 0 aromatic carbocycles. The van der Waals surface area contributed by atoms with E-state index in [9.17, 15) is 13.2 Å². The number of amides is 1. The third-order valence-corrected chi connectivity index (χ3v) is 6.93. The van der Waals surface area contributed by atoms with Gasteiger partial charge in [0.15, 0.2) is 9.34 Å². The first-order valence-corrected chi connectivity index (χ1v) is 9.50. The van der Waals surface area contributed by atoms with Crippen molar-refractivity contribution < 1.29 is 13.2 Å². The molecule has 0 spiro atoms. The van der Waals surface area contributed by atoms with Crippen LogP contribution in [-0.4, -0.2) is 61.7 Å². The monoisotopic (exact) mass is 346 g/mol. The van der Waals surface area contributed by atoms with Crippen molar-refractivity contribution in [1.82, 2.24) is 14.2 Å². The lowest BCUT2D eigenvalue weighted by Crippen LogP contribution is -2.31. The summed E-state index contributed by atoms with van der Waals surface area (Å²) in [6.45, 7) is 6.40. The van der Waals surface area contributed by atoms with Gasteiger partial charge in [-0.2, -0.15) is 4.31 Å². The van der Waals surface area contributed by atoms with E-state index in [1.165, 1.54) is 17.4 Å². The van der Waals surface area contributed by atoms with Crippen LogP contribution in [0.1, 0.15) is 20.3 Å². The summed E-state index contributed by atoms with van der Waals surface area (Å²) in [5.41, 5.74) is 0. The van der Waals surface area contributed by atoms with Gasteiger partial charge in [-0.05, 0) is 25.9 Å². The predicted molar refractivity (Wildman–Crippen MR) is 86.5 cm³/mol. The van der Waals surface area contributed by atoms with Crippen molar-refractivity contribution in [3.05, 3.63) is 6.20 Å². The van der Waals surface area contributed by atoms with Gasteiger partial charge < -0.3 is 10.2 Å². The Labute approximate surface area is 135 Å². The standard InChI is InChI=1S/C13H22N4O3S2/c1-4-16(3)8-11-5-6-17(9-11)22(19,20)12-7-14-13(21-12)15-10(2)18/h7,11H,4-6,8-9H2,1-3H3,(H,14,15,18). The molecular weight excluding hydrogens is 324 g/mol. The Morgan fingerprint density at radius 3 is 2.95 bits per heavy atom. The Kier molecular flexibility index (Phi) is 5.54. The molecule has 2 heterocycles. The number of sulfonamides is 1. The van der Waals surface area contributed by atoms with Crippen LogP contribution in [0.4, 0.5) is 5.13 Å². The van der Waals surface area contributed by atoms with Crippen molar-refractivity contribution >= 4 is 32.4 Å². The molecule has 1 aromatic heterocycles. The van der Waals surface area contributed by atoms with E-state index < -0.39 is 10.0 Å². The normalized spacial score (nSPS) is 19.7. The number of hydrogen-bond donors (Lipinski definition) is 1. The van der Waals surface area contributed by atoms with Crippen LogP contribution in [0.3, 0.4) is 0 Å². The number of anilines is 1. The van der Waals surface area contributed by atoms with E-state index in [1.54, 1.807) is 0 Å². The summed E-state index contributed by atoms with van der Waals surface area (Å²) in [5, 5.41) is 2.82. The second-order valence-corrected chi connectivity index (χ2v) is 8.73. The van der Waals surface area contributed by atoms with E-state index in [4.69, 9.17) is 0 Å². The highest BCUT2D eigenvalue weighted by Crippen LogP contribution is 2.29. The number of carbonyl (C=O) groups excluding carboxylic acids is 1. The summed E-state index contributed by atoms with van der Waals surface area (Å²) in [4.78, 5) is 17.1. The molecular formula is C13H22N4O3S2. The first-order chi connectivity index (χ1) is 10.3. The SMILES string of the molecule is CCN(C)CC1CCN(S(=O)(=O)c2cnc(NC(C)=O)s2)C1. The van der Waals surface area contributed by atoms with Crippen LogP contribution < -0.4 is 5.32 Å². The average Bonchev–Trinajstić information content (AvgIpc) is 3.07. The van der Waals surface area contributed by atoms with E-state index in [0.717, 1.165) is 30.8 Å². The molecule has 1 unspecified atom stereocenters. The molecule has 1 fully saturated rings. The van der Waals surface area contributed by atoms with E-state index >= 15 is 0 Å². The van der Waals surface area contributed by atoms with Crippen molar-refractivity contribution in [2.75, 3.05) is 38.5 Å². The predicted octanol–water partition coefficient (Wildman–Crippen LogP) is 1.06. The second-order valence-electron chi connectivity index (χ2n) is 5.54. The largest absolute Gasteiger partial charge is 0.306 e. The third-order valence-electron chi connectivity index (χ3n) is 3.72. The summed E-state index contributed by atoms with van der Waals surface area (Å²) in [7, 11) is -1.47. The van der Waals surface area contributed by atoms with E-state index in [0.29, 0.717) is 24.1 Å². The first kappa shape index (κ1) is 17.3. The van der Waals surface area contributed by atoms with E-state index in [-0.39, 0.29) is 10.1 Å². The van der Waals surface area contributed by atoms with Crippen molar-refractivity contribution in [1.29, 1.82) is 0 Å². The van der Waals surface area contributed by atoms with Crippen LogP contribution in [-0.2, 0) is 14.8 Å². The molecule has 0 radical (unpaired) electrons. The maximum Gasteiger partial charge on any atom is 0.254 e. The number of thiazole rings is 1. The van der Waals surface area contributed by atoms with Crippen LogP contribution in [0.2, 0.25) is 0 Å². The zero-order valence-electron chi connectivity index (χ0n) is 13.1. The van der Waals surface area contributed by atoms with Gasteiger partial charge in [0.25, 0.3) is 10.0 Å². The molecule has 0 bridgehead atoms. The smallest absolute Gasteiger partial charge is 0.254 e. The van der Waals surface area contributed by atoms with Crippen molar-refractivity contribution in [2.45, 2.75) is 24.5 Å². The number of nitrogens with one attached hydrogen (secondary N) is 1. The van der Waals surface area contributed by atoms with Gasteiger partial charge in [0.05, 0.1) is 6.20 Å². The van der Waals surface area contributed by atoms with Crippen LogP contribution >= 0.6 is 11.3 Å². The van der Waals surface area contributed by atoms with Gasteiger partial charge in [0, 0.05) is 26.6 Å². The summed E-state index contributed by atoms with van der Waals surface area (Å²) in [6, 6.07) is 0. The first-order valence-electron chi connectivity index (χ1n) is 7.25. The molecule has 7 nitrogen and oxygen atoms in total. The molecule has 1 N–H and O–H groups in total. The fourth-order valence-corrected chi connectivity index (χ4v) is 5.21. The maximum absolute atomic E-state index is 12.6. The maximum atomic E-state index is 12.6. The van der Waals surface area contributed by atoms with Gasteiger partial charge in [-0.1, -0.05) is 18.3 Å². The summed E-state index contributed by atoms with van der Waals surface area (Å²) >= 11 is 0.992. The van der Waals surface area contributed by atoms with Crippen LogP contribution in [0.15, 0.2) is 10.4 Å². The fraction of sp³-hybridized carbons (Fsp3) is 0.692. The fourth-order valence-electron chi connectivity index (χ4n) is 2.45. The molecule has 22 heavy (non-hydrogen) atoms. The highest BCUT2D eigenvalue weighted by atomic mass is 32.2. The molecule has 9 heteroatoms. The third kappa shape index (κ3) is 4.03. The Hall–Kier alpha value is -1.03. The number of rotatable bonds is 6. The number of nitrogens with zero attached hydrogens (tertiary/aromatic N) is 3. The van der Waals surface area contributed by atoms with Crippen molar-refractivity contribution in [3.63, 3.8) is 0 Å². The topological polar surface area (TPSA) is 82.6 Å². The Morgan fingerprint density at radius 2 is 2.32 bits per heavy atom. The molecule has 1 saturated heterocycles. The van der Waals surface area contributed by atoms with Crippen molar-refractivity contribution in [2.24, 2.45) is 5.92 Å².